The number of hydrogen-bond donors (Lipinski definition) is 0. The van der Waals surface area contributed by atoms with E-state index in [4.69, 9.17) is 0 Å². The molecule has 0 unspecified atom stereocenters. The molecule has 3 rings (SSSR count). The molecule has 1 aromatic rings. The minimum Gasteiger partial charge on any atom is -0.339 e. The van der Waals surface area contributed by atoms with E-state index in [-0.39, 0.29) is 5.91 Å². The highest BCUT2D eigenvalue weighted by molar-refractivity contribution is 7.99. The van der Waals surface area contributed by atoms with E-state index in [1.165, 1.54) is 32.4 Å². The summed E-state index contributed by atoms with van der Waals surface area (Å²) in [4.78, 5) is 21.2. The van der Waals surface area contributed by atoms with Crippen LogP contribution in [0, 0.1) is 0 Å². The first-order chi connectivity index (χ1) is 10.8. The van der Waals surface area contributed by atoms with Gasteiger partial charge in [-0.05, 0) is 50.9 Å². The van der Waals surface area contributed by atoms with Crippen LogP contribution in [-0.4, -0.2) is 59.2 Å². The Balaban J connectivity index is 1.45. The largest absolute Gasteiger partial charge is 0.339 e. The van der Waals surface area contributed by atoms with E-state index in [9.17, 15) is 4.79 Å². The van der Waals surface area contributed by atoms with Crippen molar-refractivity contribution in [1.29, 1.82) is 0 Å². The molecule has 1 amide bonds. The molecule has 120 valence electrons. The predicted octanol–water partition coefficient (Wildman–Crippen LogP) is 2.90. The second-order valence-corrected chi connectivity index (χ2v) is 7.25. The molecule has 2 aliphatic heterocycles. The SMILES string of the molecule is O=C(c1ccc(SCCN2CCCCC2)nc1)N1CCCC1. The van der Waals surface area contributed by atoms with Gasteiger partial charge in [0.1, 0.15) is 0 Å². The number of carbonyl (C=O) groups is 1. The van der Waals surface area contributed by atoms with E-state index < -0.39 is 0 Å². The van der Waals surface area contributed by atoms with E-state index in [0.717, 1.165) is 48.8 Å². The normalized spacial score (nSPS) is 19.5. The topological polar surface area (TPSA) is 36.4 Å². The van der Waals surface area contributed by atoms with Crippen molar-refractivity contribution in [2.75, 3.05) is 38.5 Å². The van der Waals surface area contributed by atoms with Gasteiger partial charge in [-0.25, -0.2) is 4.98 Å². The number of pyridine rings is 1. The van der Waals surface area contributed by atoms with Gasteiger partial charge in [-0.15, -0.1) is 11.8 Å². The van der Waals surface area contributed by atoms with Crippen LogP contribution in [-0.2, 0) is 0 Å². The van der Waals surface area contributed by atoms with Crippen LogP contribution in [0.15, 0.2) is 23.4 Å². The van der Waals surface area contributed by atoms with E-state index in [0.29, 0.717) is 0 Å². The summed E-state index contributed by atoms with van der Waals surface area (Å²) in [6.07, 6.45) is 8.07. The molecule has 2 fully saturated rings. The van der Waals surface area contributed by atoms with Gasteiger partial charge in [0.25, 0.3) is 5.91 Å². The van der Waals surface area contributed by atoms with Gasteiger partial charge >= 0.3 is 0 Å². The molecule has 0 spiro atoms. The number of piperidine rings is 1. The van der Waals surface area contributed by atoms with Crippen LogP contribution >= 0.6 is 11.8 Å². The quantitative estimate of drug-likeness (QED) is 0.782. The number of likely N-dealkylation sites (tertiary alicyclic amines) is 2. The molecule has 0 aromatic carbocycles. The Bertz CT molecular complexity index is 479. The maximum Gasteiger partial charge on any atom is 0.255 e. The van der Waals surface area contributed by atoms with Crippen molar-refractivity contribution in [3.63, 3.8) is 0 Å². The highest BCUT2D eigenvalue weighted by atomic mass is 32.2. The van der Waals surface area contributed by atoms with Crippen molar-refractivity contribution in [3.8, 4) is 0 Å². The van der Waals surface area contributed by atoms with Crippen molar-refractivity contribution in [3.05, 3.63) is 23.9 Å². The summed E-state index contributed by atoms with van der Waals surface area (Å²) in [6, 6.07) is 3.92. The van der Waals surface area contributed by atoms with Gasteiger partial charge in [0.15, 0.2) is 0 Å². The lowest BCUT2D eigenvalue weighted by molar-refractivity contribution is 0.0792. The van der Waals surface area contributed by atoms with Crippen LogP contribution in [0.3, 0.4) is 0 Å². The number of nitrogens with zero attached hydrogens (tertiary/aromatic N) is 3. The molecule has 1 aromatic heterocycles. The third kappa shape index (κ3) is 4.23. The average molecular weight is 319 g/mol. The Hall–Kier alpha value is -1.07. The summed E-state index contributed by atoms with van der Waals surface area (Å²) in [6.45, 7) is 5.42. The smallest absolute Gasteiger partial charge is 0.255 e. The van der Waals surface area contributed by atoms with E-state index in [2.05, 4.69) is 9.88 Å². The Kier molecular flexibility index (Phi) is 5.73. The van der Waals surface area contributed by atoms with Crippen molar-refractivity contribution < 1.29 is 4.79 Å². The summed E-state index contributed by atoms with van der Waals surface area (Å²) in [5.41, 5.74) is 0.724. The summed E-state index contributed by atoms with van der Waals surface area (Å²) in [5.74, 6) is 1.21. The number of thioether (sulfide) groups is 1. The third-order valence-electron chi connectivity index (χ3n) is 4.48. The van der Waals surface area contributed by atoms with E-state index in [1.807, 2.05) is 17.0 Å². The maximum atomic E-state index is 12.3. The molecular weight excluding hydrogens is 294 g/mol. The fourth-order valence-corrected chi connectivity index (χ4v) is 4.01. The van der Waals surface area contributed by atoms with Gasteiger partial charge in [0.2, 0.25) is 0 Å². The molecule has 0 bridgehead atoms. The zero-order chi connectivity index (χ0) is 15.2. The summed E-state index contributed by atoms with van der Waals surface area (Å²) < 4.78 is 0. The Morgan fingerprint density at radius 1 is 1.05 bits per heavy atom. The molecule has 2 aliphatic rings. The first kappa shape index (κ1) is 15.8. The monoisotopic (exact) mass is 319 g/mol. The standard InChI is InChI=1S/C17H25N3OS/c21-17(20-10-4-5-11-20)15-6-7-16(18-14-15)22-13-12-19-8-2-1-3-9-19/h6-7,14H,1-5,8-13H2. The molecular formula is C17H25N3OS. The predicted molar refractivity (Wildman–Crippen MR) is 90.4 cm³/mol. The minimum atomic E-state index is 0.134. The molecule has 3 heterocycles. The van der Waals surface area contributed by atoms with Gasteiger partial charge < -0.3 is 9.80 Å². The molecule has 0 N–H and O–H groups in total. The van der Waals surface area contributed by atoms with E-state index >= 15 is 0 Å². The lowest BCUT2D eigenvalue weighted by atomic mass is 10.1. The summed E-state index contributed by atoms with van der Waals surface area (Å²) in [7, 11) is 0. The van der Waals surface area contributed by atoms with Crippen molar-refractivity contribution >= 4 is 17.7 Å². The number of aromatic nitrogens is 1. The van der Waals surface area contributed by atoms with Crippen molar-refractivity contribution in [2.45, 2.75) is 37.1 Å². The average Bonchev–Trinajstić information content (AvgIpc) is 3.10. The molecule has 0 radical (unpaired) electrons. The summed E-state index contributed by atoms with van der Waals surface area (Å²) >= 11 is 1.79. The molecule has 0 atom stereocenters. The Morgan fingerprint density at radius 2 is 1.77 bits per heavy atom. The molecule has 4 nitrogen and oxygen atoms in total. The lowest BCUT2D eigenvalue weighted by Crippen LogP contribution is -2.31. The number of hydrogen-bond acceptors (Lipinski definition) is 4. The molecule has 22 heavy (non-hydrogen) atoms. The first-order valence-electron chi connectivity index (χ1n) is 8.43. The number of amides is 1. The highest BCUT2D eigenvalue weighted by Crippen LogP contribution is 2.18. The highest BCUT2D eigenvalue weighted by Gasteiger charge is 2.19. The molecule has 2 saturated heterocycles. The van der Waals surface area contributed by atoms with Crippen molar-refractivity contribution in [2.24, 2.45) is 0 Å². The maximum absolute atomic E-state index is 12.3. The van der Waals surface area contributed by atoms with E-state index in [1.54, 1.807) is 18.0 Å². The summed E-state index contributed by atoms with van der Waals surface area (Å²) in [5, 5.41) is 1.02. The third-order valence-corrected chi connectivity index (χ3v) is 5.41. The first-order valence-corrected chi connectivity index (χ1v) is 9.42. The van der Waals surface area contributed by atoms with Gasteiger partial charge in [-0.1, -0.05) is 6.42 Å². The Labute approximate surface area is 137 Å². The minimum absolute atomic E-state index is 0.134. The second-order valence-electron chi connectivity index (χ2n) is 6.14. The molecule has 0 aliphatic carbocycles. The fraction of sp³-hybridized carbons (Fsp3) is 0.647. The van der Waals surface area contributed by atoms with Crippen LogP contribution in [0.2, 0.25) is 0 Å². The van der Waals surface area contributed by atoms with Crippen LogP contribution in [0.5, 0.6) is 0 Å². The fourth-order valence-electron chi connectivity index (χ4n) is 3.16. The van der Waals surface area contributed by atoms with Gasteiger partial charge in [0.05, 0.1) is 10.6 Å². The molecule has 5 heteroatoms. The molecule has 0 saturated carbocycles. The van der Waals surface area contributed by atoms with Crippen molar-refractivity contribution in [1.82, 2.24) is 14.8 Å². The zero-order valence-corrected chi connectivity index (χ0v) is 14.0. The van der Waals surface area contributed by atoms with Gasteiger partial charge in [-0.3, -0.25) is 4.79 Å². The Morgan fingerprint density at radius 3 is 2.45 bits per heavy atom. The number of rotatable bonds is 5. The second kappa shape index (κ2) is 7.97. The van der Waals surface area contributed by atoms with Crippen LogP contribution in [0.4, 0.5) is 0 Å². The van der Waals surface area contributed by atoms with Crippen LogP contribution in [0.25, 0.3) is 0 Å². The van der Waals surface area contributed by atoms with Gasteiger partial charge in [0, 0.05) is 31.6 Å². The van der Waals surface area contributed by atoms with Gasteiger partial charge in [-0.2, -0.15) is 0 Å². The zero-order valence-electron chi connectivity index (χ0n) is 13.2. The number of carbonyl (C=O) groups excluding carboxylic acids is 1. The van der Waals surface area contributed by atoms with Crippen LogP contribution < -0.4 is 0 Å². The lowest BCUT2D eigenvalue weighted by Gasteiger charge is -2.25. The van der Waals surface area contributed by atoms with Crippen LogP contribution in [0.1, 0.15) is 42.5 Å².